The maximum Gasteiger partial charge on any atom is 0.252 e. The number of anilines is 3. The molecule has 0 fully saturated rings. The molecule has 5 nitrogen and oxygen atoms in total. The van der Waals surface area contributed by atoms with Gasteiger partial charge in [-0.2, -0.15) is 0 Å². The molecule has 0 spiro atoms. The van der Waals surface area contributed by atoms with Crippen molar-refractivity contribution in [2.45, 2.75) is 128 Å². The fourth-order valence-corrected chi connectivity index (χ4v) is 14.0. The summed E-state index contributed by atoms with van der Waals surface area (Å²) in [6, 6.07) is 59.2. The summed E-state index contributed by atoms with van der Waals surface area (Å²) in [7, 11) is 0. The maximum absolute atomic E-state index is 12.7. The molecule has 4 aromatic heterocycles. The molecule has 12 aromatic rings. The number of fused-ring (bicyclic) bond motifs is 12. The molecule has 8 aromatic carbocycles. The zero-order chi connectivity index (χ0) is 58.7. The molecular weight excluding hydrogens is 1240 g/mol. The second kappa shape index (κ2) is 20.0. The molecule has 3 aliphatic rings. The zero-order valence-corrected chi connectivity index (χ0v) is 54.1. The molecule has 7 heterocycles. The van der Waals surface area contributed by atoms with Crippen LogP contribution >= 0.6 is 11.8 Å². The van der Waals surface area contributed by atoms with Gasteiger partial charge in [0.1, 0.15) is 5.58 Å². The molecule has 0 bridgehead atoms. The summed E-state index contributed by atoms with van der Waals surface area (Å²) in [5, 5.41) is 4.80. The van der Waals surface area contributed by atoms with E-state index in [2.05, 4.69) is 212 Å². The van der Waals surface area contributed by atoms with Gasteiger partial charge in [-0.25, -0.2) is 0 Å². The number of benzene rings is 8. The topological polar surface area (TPSA) is 47.1 Å². The average Bonchev–Trinajstić information content (AvgIpc) is 1.68. The fraction of sp³-hybridized carbons (Fsp3) is 0.237. The monoisotopic (exact) mass is 1310 g/mol. The molecule has 3 aliphatic heterocycles. The molecule has 0 saturated carbocycles. The largest absolute Gasteiger partial charge is 0.501 e. The smallest absolute Gasteiger partial charge is 0.252 e. The van der Waals surface area contributed by atoms with Crippen molar-refractivity contribution in [3.05, 3.63) is 209 Å². The van der Waals surface area contributed by atoms with Crippen LogP contribution in [0.25, 0.3) is 83.1 Å². The van der Waals surface area contributed by atoms with E-state index in [0.29, 0.717) is 0 Å². The van der Waals surface area contributed by atoms with Crippen LogP contribution in [-0.4, -0.2) is 21.2 Å². The van der Waals surface area contributed by atoms with E-state index in [0.717, 1.165) is 61.1 Å². The van der Waals surface area contributed by atoms with Crippen molar-refractivity contribution in [1.29, 1.82) is 0 Å². The molecule has 1 radical (unpaired) electrons. The standard InChI is InChI=1S/C63H57BN3OS.C13H11FN.Ir/c1-60(2,3)37-20-23-49-44(29-37)45-30-39(62(7,8)9)31-46-57(45)66(49)51-26-36(35-19-22-41-42-16-15-17-43(48-18-13-14-25-65-48)59(42)68-53(41)28-35)27-52-56(51)64(46)47-32-40(63(10,11)12)34-55-58(47)67(52)50-24-21-38(61(4,5)6)33-54(50)69-55;1-9-7-13(15-8-10(9)2)11-3-5-12(14)6-4-11;/h13-16,18-34H,1-12H3;3,5-8H,1-2H3;/q2*-1;. The molecule has 0 aliphatic carbocycles. The predicted molar refractivity (Wildman–Crippen MR) is 352 cm³/mol. The number of hydrogen-bond donors (Lipinski definition) is 0. The van der Waals surface area contributed by atoms with Crippen molar-refractivity contribution in [1.82, 2.24) is 14.5 Å². The molecule has 85 heavy (non-hydrogen) atoms. The van der Waals surface area contributed by atoms with Gasteiger partial charge in [0.15, 0.2) is 0 Å². The third-order valence-corrected chi connectivity index (χ3v) is 18.8. The molecule has 15 rings (SSSR count). The van der Waals surface area contributed by atoms with Crippen molar-refractivity contribution >= 4 is 95.7 Å². The predicted octanol–water partition coefficient (Wildman–Crippen LogP) is 18.8. The van der Waals surface area contributed by atoms with E-state index < -0.39 is 0 Å². The Labute approximate surface area is 517 Å². The Morgan fingerprint density at radius 1 is 0.553 bits per heavy atom. The SMILES string of the molecule is CC(C)(C)c1ccc2c(c1)Sc1cc(C(C)(C)C)cc3c1N2c1cc(-c2ccc4c(c2)oc2c(-c5ccccn5)[c-]ccc24)cc2c1B3c1cc(C(C)(C)C)cc3c4cc(C(C)(C)C)ccc4n-2c13.Cc1cnc(-c2[c-]cc(F)cc2)cc1C.[Ir]. The minimum Gasteiger partial charge on any atom is -0.501 e. The molecule has 9 heteroatoms. The Kier molecular flexibility index (Phi) is 13.3. The summed E-state index contributed by atoms with van der Waals surface area (Å²) >= 11 is 1.95. The summed E-state index contributed by atoms with van der Waals surface area (Å²) in [4.78, 5) is 14.2. The minimum absolute atomic E-state index is 0. The Hall–Kier alpha value is -7.55. The van der Waals surface area contributed by atoms with Crippen LogP contribution in [0.2, 0.25) is 0 Å². The average molecular weight is 1310 g/mol. The van der Waals surface area contributed by atoms with E-state index in [4.69, 9.17) is 4.42 Å². The van der Waals surface area contributed by atoms with E-state index in [1.165, 1.54) is 111 Å². The number of furan rings is 1. The second-order valence-electron chi connectivity index (χ2n) is 27.6. The summed E-state index contributed by atoms with van der Waals surface area (Å²) in [6.45, 7) is 32.2. The third-order valence-electron chi connectivity index (χ3n) is 17.7. The first-order chi connectivity index (χ1) is 39.9. The van der Waals surface area contributed by atoms with E-state index in [1.54, 1.807) is 6.07 Å². The van der Waals surface area contributed by atoms with Crippen LogP contribution in [0, 0.1) is 31.8 Å². The van der Waals surface area contributed by atoms with E-state index >= 15 is 0 Å². The maximum atomic E-state index is 12.7. The normalized spacial score (nSPS) is 13.4. The van der Waals surface area contributed by atoms with Gasteiger partial charge in [-0.05, 0) is 163 Å². The number of pyridine rings is 2. The van der Waals surface area contributed by atoms with Gasteiger partial charge in [-0.1, -0.05) is 166 Å². The molecule has 0 saturated heterocycles. The molecular formula is C76H68BFIrN4OS-2. The first-order valence-electron chi connectivity index (χ1n) is 29.4. The number of aromatic nitrogens is 3. The van der Waals surface area contributed by atoms with Gasteiger partial charge in [0.2, 0.25) is 0 Å². The van der Waals surface area contributed by atoms with Gasteiger partial charge in [0.05, 0.1) is 22.5 Å². The fourth-order valence-electron chi connectivity index (χ4n) is 12.8. The van der Waals surface area contributed by atoms with E-state index in [9.17, 15) is 4.39 Å². The first kappa shape index (κ1) is 56.6. The van der Waals surface area contributed by atoms with Crippen LogP contribution < -0.4 is 21.3 Å². The van der Waals surface area contributed by atoms with Crippen molar-refractivity contribution in [2.75, 3.05) is 4.90 Å². The number of rotatable bonds is 3. The van der Waals surface area contributed by atoms with Crippen LogP contribution in [0.3, 0.4) is 0 Å². The number of halogens is 1. The first-order valence-corrected chi connectivity index (χ1v) is 30.2. The number of hydrogen-bond acceptors (Lipinski definition) is 5. The minimum atomic E-state index is -0.275. The second-order valence-corrected chi connectivity index (χ2v) is 28.7. The van der Waals surface area contributed by atoms with Crippen molar-refractivity contribution in [2.24, 2.45) is 0 Å². The van der Waals surface area contributed by atoms with Gasteiger partial charge in [0.25, 0.3) is 6.71 Å². The summed E-state index contributed by atoms with van der Waals surface area (Å²) in [6.07, 6.45) is 3.65. The van der Waals surface area contributed by atoms with Crippen molar-refractivity contribution < 1.29 is 28.9 Å². The van der Waals surface area contributed by atoms with Crippen LogP contribution in [0.5, 0.6) is 0 Å². The van der Waals surface area contributed by atoms with Gasteiger partial charge in [0, 0.05) is 81.2 Å². The van der Waals surface area contributed by atoms with Gasteiger partial charge < -0.3 is 23.9 Å². The molecule has 0 N–H and O–H groups in total. The van der Waals surface area contributed by atoms with Gasteiger partial charge >= 0.3 is 0 Å². The summed E-state index contributed by atoms with van der Waals surface area (Å²) in [5.74, 6) is -0.275. The van der Waals surface area contributed by atoms with E-state index in [-0.39, 0.29) is 54.3 Å². The Balaban J connectivity index is 0.000000367. The Morgan fingerprint density at radius 3 is 1.95 bits per heavy atom. The molecule has 0 amide bonds. The van der Waals surface area contributed by atoms with Crippen molar-refractivity contribution in [3.8, 4) is 39.3 Å². The quantitative estimate of drug-likeness (QED) is 0.130. The Bertz CT molecular complexity index is 4720. The molecule has 0 atom stereocenters. The van der Waals surface area contributed by atoms with Gasteiger partial charge in [-0.3, -0.25) is 4.39 Å². The number of nitrogens with zero attached hydrogens (tertiary/aromatic N) is 4. The number of aryl methyl sites for hydroxylation is 2. The van der Waals surface area contributed by atoms with Crippen molar-refractivity contribution in [3.63, 3.8) is 0 Å². The molecule has 425 valence electrons. The summed E-state index contributed by atoms with van der Waals surface area (Å²) in [5.41, 5.74) is 26.7. The Morgan fingerprint density at radius 2 is 1.25 bits per heavy atom. The van der Waals surface area contributed by atoms with Crippen LogP contribution in [0.1, 0.15) is 116 Å². The summed E-state index contributed by atoms with van der Waals surface area (Å²) < 4.78 is 22.2. The van der Waals surface area contributed by atoms with Crippen LogP contribution in [-0.2, 0) is 41.8 Å². The zero-order valence-electron chi connectivity index (χ0n) is 50.9. The third kappa shape index (κ3) is 9.39. The van der Waals surface area contributed by atoms with E-state index in [1.807, 2.05) is 68.3 Å². The van der Waals surface area contributed by atoms with Crippen LogP contribution in [0.4, 0.5) is 21.5 Å². The van der Waals surface area contributed by atoms with Gasteiger partial charge in [-0.15, -0.1) is 48.0 Å². The van der Waals surface area contributed by atoms with Crippen LogP contribution in [0.15, 0.2) is 172 Å². The molecule has 0 unspecified atom stereocenters.